The van der Waals surface area contributed by atoms with Gasteiger partial charge in [0, 0.05) is 6.04 Å². The number of nitrogens with two attached hydrogens (primary N) is 1. The smallest absolute Gasteiger partial charge is 0.435 e. The van der Waals surface area contributed by atoms with Crippen LogP contribution in [0.1, 0.15) is 71.8 Å². The summed E-state index contributed by atoms with van der Waals surface area (Å²) in [5.41, 5.74) is 8.65. The largest absolute Gasteiger partial charge is 0.520 e. The lowest BCUT2D eigenvalue weighted by molar-refractivity contribution is -0.123. The van der Waals surface area contributed by atoms with Crippen LogP contribution in [-0.4, -0.2) is 62.0 Å². The third kappa shape index (κ3) is 3.63. The van der Waals surface area contributed by atoms with Crippen LogP contribution >= 0.6 is 0 Å². The molecule has 0 bridgehead atoms. The minimum Gasteiger partial charge on any atom is -0.435 e. The van der Waals surface area contributed by atoms with E-state index in [0.717, 1.165) is 47.1 Å². The monoisotopic (exact) mass is 522 g/mol. The quantitative estimate of drug-likeness (QED) is 0.413. The Kier molecular flexibility index (Phi) is 6.29. The van der Waals surface area contributed by atoms with Gasteiger partial charge in [0.25, 0.3) is 0 Å². The highest BCUT2D eigenvalue weighted by Gasteiger charge is 2.49. The molecule has 2 aromatic heterocycles. The van der Waals surface area contributed by atoms with E-state index in [0.29, 0.717) is 43.0 Å². The number of carbonyl (C=O) groups excluding carboxylic acids is 2. The van der Waals surface area contributed by atoms with Gasteiger partial charge >= 0.3 is 12.1 Å². The number of fused-ring (bicyclic) bond motifs is 2. The van der Waals surface area contributed by atoms with E-state index >= 15 is 0 Å². The number of hydrogen-bond acceptors (Lipinski definition) is 5. The molecule has 0 spiro atoms. The second-order valence-corrected chi connectivity index (χ2v) is 10.8. The first-order chi connectivity index (χ1) is 18.1. The van der Waals surface area contributed by atoms with Gasteiger partial charge in [-0.3, -0.25) is 4.79 Å². The minimum absolute atomic E-state index is 0.00420. The fraction of sp³-hybridized carbons (Fsp3) is 0.519. The highest BCUT2D eigenvalue weighted by atomic mass is 16.4. The average molecular weight is 523 g/mol. The molecule has 38 heavy (non-hydrogen) atoms. The first-order valence-corrected chi connectivity index (χ1v) is 13.5. The van der Waals surface area contributed by atoms with Crippen LogP contribution in [0, 0.1) is 0 Å². The SMILES string of the molecule is CCC1(CC)C(=O)N(C(C)C)c2cc3nc(-c4cc([N+]5(C(=O)O)CCCCCC5)n(C(N)=O)n4)[nH]c3cc21. The minimum atomic E-state index is -1.03. The summed E-state index contributed by atoms with van der Waals surface area (Å²) >= 11 is 0. The Balaban J connectivity index is 1.66. The molecular weight excluding hydrogens is 486 g/mol. The summed E-state index contributed by atoms with van der Waals surface area (Å²) < 4.78 is 0.603. The van der Waals surface area contributed by atoms with Gasteiger partial charge in [-0.15, -0.1) is 4.68 Å². The van der Waals surface area contributed by atoms with Gasteiger partial charge in [-0.1, -0.05) is 13.8 Å². The zero-order valence-electron chi connectivity index (χ0n) is 22.5. The van der Waals surface area contributed by atoms with E-state index in [1.165, 1.54) is 0 Å². The van der Waals surface area contributed by atoms with Crippen LogP contribution in [0.2, 0.25) is 0 Å². The number of H-pyrrole nitrogens is 1. The van der Waals surface area contributed by atoms with Crippen molar-refractivity contribution in [2.24, 2.45) is 5.73 Å². The highest BCUT2D eigenvalue weighted by Crippen LogP contribution is 2.48. The number of benzene rings is 1. The molecule has 3 amide bonds. The van der Waals surface area contributed by atoms with E-state index in [2.05, 4.69) is 10.1 Å². The molecule has 11 nitrogen and oxygen atoms in total. The number of nitrogens with one attached hydrogen (secondary N) is 1. The van der Waals surface area contributed by atoms with Crippen molar-refractivity contribution in [2.75, 3.05) is 18.0 Å². The van der Waals surface area contributed by atoms with Crippen LogP contribution in [0.25, 0.3) is 22.6 Å². The highest BCUT2D eigenvalue weighted by molar-refractivity contribution is 6.10. The predicted octanol–water partition coefficient (Wildman–Crippen LogP) is 4.73. The number of rotatable bonds is 5. The molecule has 202 valence electrons. The van der Waals surface area contributed by atoms with Gasteiger partial charge in [0.15, 0.2) is 5.82 Å². The summed E-state index contributed by atoms with van der Waals surface area (Å²) in [6.45, 7) is 8.81. The number of primary amides is 1. The molecule has 4 heterocycles. The lowest BCUT2D eigenvalue weighted by Crippen LogP contribution is -2.55. The van der Waals surface area contributed by atoms with Gasteiger partial charge in [0.1, 0.15) is 5.69 Å². The molecule has 2 aliphatic rings. The Morgan fingerprint density at radius 2 is 1.79 bits per heavy atom. The van der Waals surface area contributed by atoms with Crippen LogP contribution in [0.3, 0.4) is 0 Å². The maximum Gasteiger partial charge on any atom is 0.520 e. The van der Waals surface area contributed by atoms with E-state index in [9.17, 15) is 19.5 Å². The number of amides is 3. The molecule has 5 rings (SSSR count). The van der Waals surface area contributed by atoms with Crippen molar-refractivity contribution in [3.63, 3.8) is 0 Å². The Labute approximate surface area is 221 Å². The number of hydrogen-bond donors (Lipinski definition) is 3. The maximum absolute atomic E-state index is 13.5. The number of carbonyl (C=O) groups is 3. The molecule has 0 radical (unpaired) electrons. The number of carboxylic acid groups (broad SMARTS) is 1. The molecular formula is C27H36N7O4+. The Bertz CT molecular complexity index is 1420. The third-order valence-electron chi connectivity index (χ3n) is 8.50. The molecule has 4 N–H and O–H groups in total. The second-order valence-electron chi connectivity index (χ2n) is 10.8. The number of nitrogens with zero attached hydrogens (tertiary/aromatic N) is 5. The molecule has 1 fully saturated rings. The summed E-state index contributed by atoms with van der Waals surface area (Å²) in [6.07, 6.45) is 3.67. The van der Waals surface area contributed by atoms with E-state index in [1.807, 2.05) is 44.7 Å². The van der Waals surface area contributed by atoms with Crippen LogP contribution in [0.15, 0.2) is 18.2 Å². The first kappa shape index (κ1) is 25.9. The molecule has 2 aliphatic heterocycles. The van der Waals surface area contributed by atoms with Gasteiger partial charge in [0.2, 0.25) is 11.7 Å². The number of aromatic amines is 1. The molecule has 11 heteroatoms. The predicted molar refractivity (Wildman–Crippen MR) is 145 cm³/mol. The normalized spacial score (nSPS) is 18.7. The summed E-state index contributed by atoms with van der Waals surface area (Å²) in [5, 5.41) is 14.7. The topological polar surface area (TPSA) is 147 Å². The molecule has 0 aliphatic carbocycles. The van der Waals surface area contributed by atoms with Crippen LogP contribution in [-0.2, 0) is 10.2 Å². The van der Waals surface area contributed by atoms with E-state index < -0.39 is 22.0 Å². The Hall–Kier alpha value is -3.73. The van der Waals surface area contributed by atoms with Crippen LogP contribution in [0.4, 0.5) is 21.1 Å². The zero-order chi connectivity index (χ0) is 27.4. The van der Waals surface area contributed by atoms with E-state index in [4.69, 9.17) is 10.7 Å². The second kappa shape index (κ2) is 9.23. The third-order valence-corrected chi connectivity index (χ3v) is 8.50. The number of anilines is 1. The van der Waals surface area contributed by atoms with Crippen LogP contribution in [0.5, 0.6) is 0 Å². The van der Waals surface area contributed by atoms with Crippen molar-refractivity contribution in [1.82, 2.24) is 24.2 Å². The lowest BCUT2D eigenvalue weighted by atomic mass is 9.77. The van der Waals surface area contributed by atoms with Crippen molar-refractivity contribution >= 4 is 40.6 Å². The van der Waals surface area contributed by atoms with Crippen molar-refractivity contribution < 1.29 is 19.5 Å². The van der Waals surface area contributed by atoms with Gasteiger partial charge in [-0.25, -0.2) is 9.78 Å². The number of aromatic nitrogens is 4. The number of quaternary nitrogens is 1. The summed E-state index contributed by atoms with van der Waals surface area (Å²) in [4.78, 5) is 48.4. The van der Waals surface area contributed by atoms with Crippen molar-refractivity contribution in [2.45, 2.75) is 77.7 Å². The standard InChI is InChI=1S/C27H35N7O4/c1-5-27(6-2)17-13-18-19(14-21(17)32(16(3)4)24(27)35)30-23(29-18)20-15-22(33(31-20)25(28)36)34(26(37)38)11-9-7-8-10-12-34/h13-16H,5-12H2,1-4H3,(H3-,28,29,30,31,36,37,38)/p+1. The molecule has 0 atom stereocenters. The number of likely N-dealkylation sites (tertiary alicyclic amines) is 1. The lowest BCUT2D eigenvalue weighted by Gasteiger charge is -2.29. The summed E-state index contributed by atoms with van der Waals surface area (Å²) in [7, 11) is 0. The van der Waals surface area contributed by atoms with Gasteiger partial charge in [0.05, 0.1) is 41.3 Å². The number of imidazole rings is 1. The molecule has 1 saturated heterocycles. The van der Waals surface area contributed by atoms with Gasteiger partial charge in [-0.05, 0) is 70.1 Å². The fourth-order valence-corrected chi connectivity index (χ4v) is 6.35. The fourth-order valence-electron chi connectivity index (χ4n) is 6.35. The Morgan fingerprint density at radius 1 is 1.13 bits per heavy atom. The van der Waals surface area contributed by atoms with E-state index in [-0.39, 0.29) is 17.8 Å². The van der Waals surface area contributed by atoms with Crippen molar-refractivity contribution in [3.8, 4) is 11.5 Å². The van der Waals surface area contributed by atoms with Gasteiger partial charge < -0.3 is 20.7 Å². The maximum atomic E-state index is 13.5. The molecule has 0 saturated carbocycles. The first-order valence-electron chi connectivity index (χ1n) is 13.5. The molecule has 0 unspecified atom stereocenters. The summed E-state index contributed by atoms with van der Waals surface area (Å²) in [6, 6.07) is 4.70. The van der Waals surface area contributed by atoms with Crippen molar-refractivity contribution in [1.29, 1.82) is 0 Å². The van der Waals surface area contributed by atoms with E-state index in [1.54, 1.807) is 6.07 Å². The average Bonchev–Trinajstić information content (AvgIpc) is 3.49. The van der Waals surface area contributed by atoms with Crippen LogP contribution < -0.4 is 15.1 Å². The summed E-state index contributed by atoms with van der Waals surface area (Å²) in [5.74, 6) is 0.757. The van der Waals surface area contributed by atoms with Crippen molar-refractivity contribution in [3.05, 3.63) is 23.8 Å². The zero-order valence-corrected chi connectivity index (χ0v) is 22.5. The van der Waals surface area contributed by atoms with Gasteiger partial charge in [-0.2, -0.15) is 14.4 Å². The molecule has 1 aromatic carbocycles. The Morgan fingerprint density at radius 3 is 2.34 bits per heavy atom. The molecule has 3 aromatic rings.